The van der Waals surface area contributed by atoms with Gasteiger partial charge < -0.3 is 8.98 Å². The number of benzene rings is 15. The Labute approximate surface area is 514 Å². The number of hydrogen-bond acceptors (Lipinski definition) is 3. The zero-order chi connectivity index (χ0) is 57.6. The number of furan rings is 1. The maximum atomic E-state index is 7.16. The largest absolute Gasteiger partial charge is 0.445 e. The fraction of sp³-hybridized carbons (Fsp3) is 0. The van der Waals surface area contributed by atoms with E-state index in [1.165, 1.54) is 162 Å². The van der Waals surface area contributed by atoms with E-state index in [0.717, 1.165) is 27.1 Å². The van der Waals surface area contributed by atoms with Crippen molar-refractivity contribution in [1.82, 2.24) is 4.57 Å². The van der Waals surface area contributed by atoms with E-state index in [9.17, 15) is 0 Å². The molecule has 0 aliphatic heterocycles. The van der Waals surface area contributed by atoms with Crippen LogP contribution in [0.15, 0.2) is 302 Å². The maximum Gasteiger partial charge on any atom is 0.190 e. The van der Waals surface area contributed by atoms with Crippen LogP contribution in [0.1, 0.15) is 0 Å². The highest BCUT2D eigenvalue weighted by molar-refractivity contribution is 7.26. The molecule has 0 saturated heterocycles. The van der Waals surface area contributed by atoms with Gasteiger partial charge in [-0.1, -0.05) is 260 Å². The lowest BCUT2D eigenvalue weighted by molar-refractivity contribution is 0.678. The van der Waals surface area contributed by atoms with E-state index in [1.54, 1.807) is 11.3 Å². The maximum absolute atomic E-state index is 7.16. The molecule has 0 aliphatic rings. The Balaban J connectivity index is 0.837. The van der Waals surface area contributed by atoms with Gasteiger partial charge in [0.1, 0.15) is 10.4 Å². The highest BCUT2D eigenvalue weighted by atomic mass is 32.1. The van der Waals surface area contributed by atoms with Crippen molar-refractivity contribution in [1.29, 1.82) is 0 Å². The van der Waals surface area contributed by atoms with Crippen molar-refractivity contribution < 1.29 is 4.42 Å². The summed E-state index contributed by atoms with van der Waals surface area (Å²) in [6, 6.07) is 110. The molecule has 0 aliphatic carbocycles. The number of nitrogens with zero attached hydrogens (tertiary/aromatic N) is 1. The second-order valence-corrected chi connectivity index (χ2v) is 25.3. The van der Waals surface area contributed by atoms with E-state index in [1.807, 2.05) is 11.3 Å². The van der Waals surface area contributed by atoms with Crippen molar-refractivity contribution in [2.75, 3.05) is 0 Å². The number of aromatic nitrogens is 1. The van der Waals surface area contributed by atoms with Crippen molar-refractivity contribution in [2.24, 2.45) is 0 Å². The molecule has 0 radical (unpaired) electrons. The molecule has 0 atom stereocenters. The molecule has 0 unspecified atom stereocenters. The quantitative estimate of drug-likeness (QED) is 0.145. The lowest BCUT2D eigenvalue weighted by atomic mass is 9.84. The van der Waals surface area contributed by atoms with Gasteiger partial charge >= 0.3 is 0 Å². The van der Waals surface area contributed by atoms with Gasteiger partial charge in [0.15, 0.2) is 4.90 Å². The standard InChI is InChI=1S/C84H49NOS2/c1-3-21-50(22-4-1)53-25-19-26-55(47-53)74-59-29-9-13-33-63(59)76(64-34-14-10-30-60(64)74)69-38-20-40-73-78(69)81-68-44-43-54(49-72(68)86-84(81)87-73)58-45-46-70(79-80-67-37-17-18-39-71(67)85(83(80)88-82(58)79)57-27-5-2-6-28-57)77-65-35-15-11-31-61(65)75(62-32-12-16-36-66(62)77)56-42-41-51-23-7-8-24-52(51)48-56/h1-49H. The topological polar surface area (TPSA) is 18.1 Å². The van der Waals surface area contributed by atoms with Crippen LogP contribution in [0.25, 0.3) is 189 Å². The summed E-state index contributed by atoms with van der Waals surface area (Å²) < 4.78 is 12.1. The number of hydrogen-bond donors (Lipinski definition) is 0. The Morgan fingerprint density at radius 1 is 0.273 bits per heavy atom. The van der Waals surface area contributed by atoms with Crippen molar-refractivity contribution in [3.8, 4) is 72.4 Å². The number of fused-ring (bicyclic) bond motifs is 15. The molecule has 408 valence electrons. The molecule has 88 heavy (non-hydrogen) atoms. The van der Waals surface area contributed by atoms with Crippen LogP contribution in [0.3, 0.4) is 0 Å². The van der Waals surface area contributed by atoms with Gasteiger partial charge in [0.25, 0.3) is 0 Å². The van der Waals surface area contributed by atoms with Gasteiger partial charge in [-0.3, -0.25) is 0 Å². The van der Waals surface area contributed by atoms with Crippen LogP contribution in [0.2, 0.25) is 0 Å². The minimum absolute atomic E-state index is 0.887. The van der Waals surface area contributed by atoms with Crippen molar-refractivity contribution in [2.45, 2.75) is 0 Å². The van der Waals surface area contributed by atoms with E-state index in [0.29, 0.717) is 0 Å². The average molecular weight is 1150 g/mol. The van der Waals surface area contributed by atoms with Crippen LogP contribution in [-0.4, -0.2) is 4.57 Å². The van der Waals surface area contributed by atoms with Crippen LogP contribution < -0.4 is 0 Å². The molecule has 19 aromatic rings. The lowest BCUT2D eigenvalue weighted by Crippen LogP contribution is -1.92. The monoisotopic (exact) mass is 1150 g/mol. The Morgan fingerprint density at radius 3 is 1.45 bits per heavy atom. The number of thiophene rings is 2. The fourth-order valence-electron chi connectivity index (χ4n) is 14.9. The Hall–Kier alpha value is -10.9. The summed E-state index contributed by atoms with van der Waals surface area (Å²) in [7, 11) is 0. The van der Waals surface area contributed by atoms with Gasteiger partial charge in [0.05, 0.1) is 5.52 Å². The van der Waals surface area contributed by atoms with Crippen LogP contribution in [0, 0.1) is 0 Å². The normalized spacial score (nSPS) is 12.1. The highest BCUT2D eigenvalue weighted by Crippen LogP contribution is 2.55. The second kappa shape index (κ2) is 19.3. The number of rotatable bonds is 7. The summed E-state index contributed by atoms with van der Waals surface area (Å²) in [5.41, 5.74) is 17.8. The summed E-state index contributed by atoms with van der Waals surface area (Å²) in [6.07, 6.45) is 0. The third-order valence-electron chi connectivity index (χ3n) is 18.6. The molecule has 0 amide bonds. The lowest BCUT2D eigenvalue weighted by Gasteiger charge is -2.19. The molecule has 0 bridgehead atoms. The van der Waals surface area contributed by atoms with E-state index in [4.69, 9.17) is 4.42 Å². The third-order valence-corrected chi connectivity index (χ3v) is 20.8. The molecule has 4 heterocycles. The van der Waals surface area contributed by atoms with Crippen molar-refractivity contribution >= 4 is 139 Å². The smallest absolute Gasteiger partial charge is 0.190 e. The molecule has 0 saturated carbocycles. The van der Waals surface area contributed by atoms with Crippen LogP contribution in [0.5, 0.6) is 0 Å². The second-order valence-electron chi connectivity index (χ2n) is 23.3. The van der Waals surface area contributed by atoms with E-state index < -0.39 is 0 Å². The summed E-state index contributed by atoms with van der Waals surface area (Å²) in [5, 5.41) is 19.7. The highest BCUT2D eigenvalue weighted by Gasteiger charge is 2.27. The molecule has 15 aromatic carbocycles. The molecule has 4 heteroatoms. The summed E-state index contributed by atoms with van der Waals surface area (Å²) in [5.74, 6) is 0. The van der Waals surface area contributed by atoms with Crippen LogP contribution in [-0.2, 0) is 0 Å². The zero-order valence-corrected chi connectivity index (χ0v) is 49.1. The molecule has 19 rings (SSSR count). The minimum atomic E-state index is 0.887. The first kappa shape index (κ1) is 49.4. The zero-order valence-electron chi connectivity index (χ0n) is 47.5. The first-order valence-corrected chi connectivity index (χ1v) is 31.8. The van der Waals surface area contributed by atoms with Gasteiger partial charge in [0.2, 0.25) is 0 Å². The first-order chi connectivity index (χ1) is 43.7. The van der Waals surface area contributed by atoms with Gasteiger partial charge in [-0.05, 0) is 169 Å². The Kier molecular flexibility index (Phi) is 10.8. The SMILES string of the molecule is c1ccc(-c2cccc(-c3c4ccccc4c(-c4cccc5sc6oc7cc(-c8ccc(-c9c%10ccccc%10c(-c%10ccc%11ccccc%11c%10)c%10ccccc9%10)c9c8sc8c9c9ccccc9n8-c8ccccc8)ccc7c6c45)c4ccccc34)c2)cc1. The predicted octanol–water partition coefficient (Wildman–Crippen LogP) is 24.9. The molecule has 2 nitrogen and oxygen atoms in total. The summed E-state index contributed by atoms with van der Waals surface area (Å²) >= 11 is 3.65. The predicted molar refractivity (Wildman–Crippen MR) is 379 cm³/mol. The van der Waals surface area contributed by atoms with E-state index in [2.05, 4.69) is 302 Å². The molecule has 0 N–H and O–H groups in total. The van der Waals surface area contributed by atoms with Crippen molar-refractivity contribution in [3.63, 3.8) is 0 Å². The summed E-state index contributed by atoms with van der Waals surface area (Å²) in [6.45, 7) is 0. The molecular weight excluding hydrogens is 1100 g/mol. The average Bonchev–Trinajstić information content (AvgIpc) is 2.13. The third kappa shape index (κ3) is 7.28. The van der Waals surface area contributed by atoms with Gasteiger partial charge in [0, 0.05) is 47.4 Å². The Morgan fingerprint density at radius 2 is 0.784 bits per heavy atom. The van der Waals surface area contributed by atoms with Crippen molar-refractivity contribution in [3.05, 3.63) is 297 Å². The molecule has 0 spiro atoms. The molecular formula is C84H49NOS2. The van der Waals surface area contributed by atoms with E-state index in [-0.39, 0.29) is 0 Å². The molecule has 4 aromatic heterocycles. The first-order valence-electron chi connectivity index (χ1n) is 30.1. The minimum Gasteiger partial charge on any atom is -0.445 e. The molecule has 0 fully saturated rings. The summed E-state index contributed by atoms with van der Waals surface area (Å²) in [4.78, 5) is 2.17. The van der Waals surface area contributed by atoms with Crippen LogP contribution in [0.4, 0.5) is 0 Å². The fourth-order valence-corrected chi connectivity index (χ4v) is 17.4. The van der Waals surface area contributed by atoms with Gasteiger partial charge in [-0.25, -0.2) is 0 Å². The van der Waals surface area contributed by atoms with Gasteiger partial charge in [-0.15, -0.1) is 11.3 Å². The van der Waals surface area contributed by atoms with Crippen LogP contribution >= 0.6 is 22.7 Å². The Bertz CT molecular complexity index is 6000. The van der Waals surface area contributed by atoms with Gasteiger partial charge in [-0.2, -0.15) is 0 Å². The van der Waals surface area contributed by atoms with E-state index >= 15 is 0 Å². The number of para-hydroxylation sites is 2.